The Morgan fingerprint density at radius 1 is 1.11 bits per heavy atom. The largest absolute Gasteiger partial charge is 0.490 e. The van der Waals surface area contributed by atoms with Crippen molar-refractivity contribution in [1.82, 2.24) is 4.72 Å². The maximum absolute atomic E-state index is 15.5. The summed E-state index contributed by atoms with van der Waals surface area (Å²) in [6, 6.07) is 3.75. The van der Waals surface area contributed by atoms with E-state index in [0.29, 0.717) is 12.1 Å². The fraction of sp³-hybridized carbons (Fsp3) is 0.500. The number of hydrogen-bond acceptors (Lipinski definition) is 6. The van der Waals surface area contributed by atoms with Crippen LogP contribution >= 0.6 is 0 Å². The van der Waals surface area contributed by atoms with Gasteiger partial charge in [0.05, 0.1) is 34.5 Å². The van der Waals surface area contributed by atoms with E-state index >= 15 is 4.39 Å². The SMILES string of the molecule is COCC1C[C@@H]2[C@@H](CC[C@@]3(S(=O)(=O)c4ccc(C(F)(F)F)cc4)c4c(F)ccc(F)c4OC[C@@H]23)NS1(=O)=O. The molecule has 0 bridgehead atoms. The summed E-state index contributed by atoms with van der Waals surface area (Å²) in [5, 5.41) is -1.03. The summed E-state index contributed by atoms with van der Waals surface area (Å²) in [5.74, 6) is -4.30. The van der Waals surface area contributed by atoms with Crippen molar-refractivity contribution in [2.45, 2.75) is 46.4 Å². The number of ether oxygens (including phenoxy) is 2. The predicted molar refractivity (Wildman–Crippen MR) is 124 cm³/mol. The molecular formula is C24H24F5NO6S2. The van der Waals surface area contributed by atoms with E-state index in [9.17, 15) is 34.4 Å². The number of methoxy groups -OCH3 is 1. The van der Waals surface area contributed by atoms with E-state index in [4.69, 9.17) is 9.47 Å². The van der Waals surface area contributed by atoms with Crippen molar-refractivity contribution in [1.29, 1.82) is 0 Å². The summed E-state index contributed by atoms with van der Waals surface area (Å²) in [6.07, 6.45) is -5.08. The van der Waals surface area contributed by atoms with Gasteiger partial charge >= 0.3 is 6.18 Å². The highest BCUT2D eigenvalue weighted by molar-refractivity contribution is 7.92. The summed E-state index contributed by atoms with van der Waals surface area (Å²) in [6.45, 7) is -0.541. The first-order chi connectivity index (χ1) is 17.7. The van der Waals surface area contributed by atoms with Gasteiger partial charge in [0.25, 0.3) is 0 Å². The van der Waals surface area contributed by atoms with Crippen LogP contribution in [0.25, 0.3) is 0 Å². The first kappa shape index (κ1) is 27.3. The van der Waals surface area contributed by atoms with Crippen molar-refractivity contribution in [2.75, 3.05) is 20.3 Å². The van der Waals surface area contributed by atoms with E-state index in [2.05, 4.69) is 4.72 Å². The number of benzene rings is 2. The van der Waals surface area contributed by atoms with Gasteiger partial charge < -0.3 is 9.47 Å². The quantitative estimate of drug-likeness (QED) is 0.552. The molecule has 3 aliphatic rings. The number of sulfonamides is 1. The van der Waals surface area contributed by atoms with Crippen LogP contribution in [-0.2, 0) is 35.5 Å². The van der Waals surface area contributed by atoms with Crippen molar-refractivity contribution in [3.63, 3.8) is 0 Å². The predicted octanol–water partition coefficient (Wildman–Crippen LogP) is 3.78. The normalized spacial score (nSPS) is 30.5. The highest BCUT2D eigenvalue weighted by atomic mass is 32.2. The molecule has 2 aromatic carbocycles. The zero-order valence-corrected chi connectivity index (χ0v) is 21.6. The van der Waals surface area contributed by atoms with E-state index in [1.165, 1.54) is 7.11 Å². The fourth-order valence-corrected chi connectivity index (χ4v) is 10.4. The van der Waals surface area contributed by atoms with E-state index in [1.807, 2.05) is 0 Å². The Kier molecular flexibility index (Phi) is 6.56. The van der Waals surface area contributed by atoms with Gasteiger partial charge in [-0.2, -0.15) is 13.2 Å². The molecule has 5 rings (SSSR count). The lowest BCUT2D eigenvalue weighted by Gasteiger charge is -2.54. The molecule has 5 atom stereocenters. The van der Waals surface area contributed by atoms with Gasteiger partial charge in [0, 0.05) is 19.1 Å². The van der Waals surface area contributed by atoms with Crippen molar-refractivity contribution >= 4 is 19.9 Å². The first-order valence-electron chi connectivity index (χ1n) is 11.8. The van der Waals surface area contributed by atoms with E-state index < -0.39 is 87.3 Å². The highest BCUT2D eigenvalue weighted by Gasteiger charge is 2.64. The standard InChI is InChI=1S/C24H24F5NO6S2/c1-35-11-15-10-16-17-12-36-22-19(26)7-6-18(25)21(22)23(17,9-8-20(16)30-38(15,33)34)37(31,32)14-4-2-13(3-5-14)24(27,28)29/h2-7,15-17,20,30H,8-12H2,1H3/t15?,16-,17-,20+,23-/m0/s1. The topological polar surface area (TPSA) is 98.8 Å². The van der Waals surface area contributed by atoms with Crippen molar-refractivity contribution in [3.05, 3.63) is 59.2 Å². The first-order valence-corrected chi connectivity index (χ1v) is 14.8. The molecule has 2 heterocycles. The minimum atomic E-state index is -4.71. The summed E-state index contributed by atoms with van der Waals surface area (Å²) >= 11 is 0. The zero-order valence-electron chi connectivity index (χ0n) is 20.0. The molecule has 7 nitrogen and oxygen atoms in total. The molecular weight excluding hydrogens is 557 g/mol. The molecule has 0 spiro atoms. The number of halogens is 5. The Labute approximate surface area is 216 Å². The molecule has 2 aliphatic heterocycles. The summed E-state index contributed by atoms with van der Waals surface area (Å²) in [4.78, 5) is -0.490. The van der Waals surface area contributed by atoms with Gasteiger partial charge in [0.15, 0.2) is 21.4 Å². The van der Waals surface area contributed by atoms with E-state index in [-0.39, 0.29) is 32.5 Å². The van der Waals surface area contributed by atoms with E-state index in [0.717, 1.165) is 24.3 Å². The zero-order chi connectivity index (χ0) is 27.7. The van der Waals surface area contributed by atoms with Crippen molar-refractivity contribution in [2.24, 2.45) is 11.8 Å². The minimum absolute atomic E-state index is 0.0293. The number of alkyl halides is 3. The Balaban J connectivity index is 1.71. The lowest BCUT2D eigenvalue weighted by molar-refractivity contribution is -0.137. The van der Waals surface area contributed by atoms with Crippen LogP contribution in [0, 0.1) is 23.5 Å². The molecule has 1 aliphatic carbocycles. The van der Waals surface area contributed by atoms with Crippen LogP contribution in [0.4, 0.5) is 22.0 Å². The highest BCUT2D eigenvalue weighted by Crippen LogP contribution is 2.59. The van der Waals surface area contributed by atoms with Crippen LogP contribution in [0.1, 0.15) is 30.4 Å². The number of hydrogen-bond donors (Lipinski definition) is 1. The molecule has 2 aromatic rings. The average molecular weight is 582 g/mol. The molecule has 0 amide bonds. The van der Waals surface area contributed by atoms with Gasteiger partial charge in [-0.1, -0.05) is 0 Å². The third kappa shape index (κ3) is 4.02. The van der Waals surface area contributed by atoms with Crippen LogP contribution in [0.3, 0.4) is 0 Å². The molecule has 1 N–H and O–H groups in total. The number of nitrogens with one attached hydrogen (secondary N) is 1. The van der Waals surface area contributed by atoms with Crippen LogP contribution in [0.5, 0.6) is 5.75 Å². The Morgan fingerprint density at radius 3 is 2.39 bits per heavy atom. The van der Waals surface area contributed by atoms with Gasteiger partial charge in [0.1, 0.15) is 10.6 Å². The van der Waals surface area contributed by atoms with Gasteiger partial charge in [-0.15, -0.1) is 0 Å². The second kappa shape index (κ2) is 9.14. The van der Waals surface area contributed by atoms with Gasteiger partial charge in [-0.25, -0.2) is 30.3 Å². The van der Waals surface area contributed by atoms with Gasteiger partial charge in [-0.3, -0.25) is 0 Å². The second-order valence-electron chi connectivity index (χ2n) is 9.85. The molecule has 1 unspecified atom stereocenters. The second-order valence-corrected chi connectivity index (χ2v) is 14.0. The van der Waals surface area contributed by atoms with Crippen LogP contribution < -0.4 is 9.46 Å². The number of fused-ring (bicyclic) bond motifs is 5. The molecule has 0 aromatic heterocycles. The van der Waals surface area contributed by atoms with Gasteiger partial charge in [-0.05, 0) is 61.6 Å². The van der Waals surface area contributed by atoms with Crippen LogP contribution in [0.2, 0.25) is 0 Å². The third-order valence-corrected chi connectivity index (χ3v) is 12.4. The average Bonchev–Trinajstić information content (AvgIpc) is 2.85. The number of sulfone groups is 1. The molecule has 1 saturated heterocycles. The smallest absolute Gasteiger partial charge is 0.416 e. The maximum atomic E-state index is 15.5. The Hall–Kier alpha value is -2.29. The third-order valence-electron chi connectivity index (χ3n) is 7.96. The minimum Gasteiger partial charge on any atom is -0.490 e. The monoisotopic (exact) mass is 581 g/mol. The van der Waals surface area contributed by atoms with E-state index in [1.54, 1.807) is 0 Å². The molecule has 1 saturated carbocycles. The fourth-order valence-electron chi connectivity index (χ4n) is 6.26. The molecule has 38 heavy (non-hydrogen) atoms. The van der Waals surface area contributed by atoms with Crippen molar-refractivity contribution < 1.29 is 48.3 Å². The lowest BCUT2D eigenvalue weighted by Crippen LogP contribution is -2.64. The molecule has 208 valence electrons. The Bertz CT molecular complexity index is 1460. The molecule has 14 heteroatoms. The summed E-state index contributed by atoms with van der Waals surface area (Å²) in [5.41, 5.74) is -1.59. The molecule has 0 radical (unpaired) electrons. The Morgan fingerprint density at radius 2 is 1.76 bits per heavy atom. The maximum Gasteiger partial charge on any atom is 0.416 e. The lowest BCUT2D eigenvalue weighted by atomic mass is 9.64. The van der Waals surface area contributed by atoms with Gasteiger partial charge in [0.2, 0.25) is 10.0 Å². The van der Waals surface area contributed by atoms with Crippen LogP contribution in [0.15, 0.2) is 41.3 Å². The van der Waals surface area contributed by atoms with Crippen molar-refractivity contribution in [3.8, 4) is 5.75 Å². The summed E-state index contributed by atoms with van der Waals surface area (Å²) < 4.78 is 135. The molecule has 2 fully saturated rings. The summed E-state index contributed by atoms with van der Waals surface area (Å²) in [7, 11) is -7.15. The van der Waals surface area contributed by atoms with Crippen LogP contribution in [-0.4, -0.2) is 48.5 Å². The number of rotatable bonds is 4.